The van der Waals surface area contributed by atoms with Crippen molar-refractivity contribution in [2.24, 2.45) is 11.8 Å². The summed E-state index contributed by atoms with van der Waals surface area (Å²) in [6, 6.07) is 7.75. The van der Waals surface area contributed by atoms with E-state index in [1.54, 1.807) is 4.90 Å². The number of benzene rings is 1. The van der Waals surface area contributed by atoms with Gasteiger partial charge in [0.15, 0.2) is 0 Å². The molecular formula is C21H32ClN3O2. The van der Waals surface area contributed by atoms with Gasteiger partial charge in [0.2, 0.25) is 11.8 Å². The monoisotopic (exact) mass is 393 g/mol. The molecule has 0 aromatic heterocycles. The van der Waals surface area contributed by atoms with E-state index in [1.165, 1.54) is 5.56 Å². The molecule has 2 amide bonds. The lowest BCUT2D eigenvalue weighted by Crippen LogP contribution is -2.53. The van der Waals surface area contributed by atoms with E-state index in [2.05, 4.69) is 22.8 Å². The molecule has 6 heteroatoms. The number of hydrogen-bond acceptors (Lipinski definition) is 3. The lowest BCUT2D eigenvalue weighted by molar-refractivity contribution is -0.142. The number of hydrogen-bond donors (Lipinski definition) is 2. The Morgan fingerprint density at radius 2 is 2.00 bits per heavy atom. The summed E-state index contributed by atoms with van der Waals surface area (Å²) in [5.41, 5.74) is 2.34. The van der Waals surface area contributed by atoms with Crippen LogP contribution in [0.3, 0.4) is 0 Å². The van der Waals surface area contributed by atoms with Gasteiger partial charge in [-0.05, 0) is 48.9 Å². The van der Waals surface area contributed by atoms with Crippen LogP contribution in [0.4, 0.5) is 0 Å². The Kier molecular flexibility index (Phi) is 8.11. The topological polar surface area (TPSA) is 61.4 Å². The normalized spacial score (nSPS) is 22.0. The van der Waals surface area contributed by atoms with Gasteiger partial charge in [-0.2, -0.15) is 0 Å². The quantitative estimate of drug-likeness (QED) is 0.808. The minimum absolute atomic E-state index is 0. The molecule has 2 unspecified atom stereocenters. The largest absolute Gasteiger partial charge is 0.354 e. The Labute approximate surface area is 168 Å². The summed E-state index contributed by atoms with van der Waals surface area (Å²) in [6.45, 7) is 7.34. The molecule has 0 radical (unpaired) electrons. The highest BCUT2D eigenvalue weighted by Gasteiger charge is 2.34. The van der Waals surface area contributed by atoms with Crippen LogP contribution in [-0.2, 0) is 22.6 Å². The van der Waals surface area contributed by atoms with Crippen LogP contribution in [0.5, 0.6) is 0 Å². The van der Waals surface area contributed by atoms with E-state index >= 15 is 0 Å². The van der Waals surface area contributed by atoms with E-state index in [-0.39, 0.29) is 30.1 Å². The first-order chi connectivity index (χ1) is 12.5. The third-order valence-electron chi connectivity index (χ3n) is 5.42. The maximum atomic E-state index is 12.9. The summed E-state index contributed by atoms with van der Waals surface area (Å²) in [6.07, 6.45) is 3.40. The molecule has 3 rings (SSSR count). The molecule has 0 bridgehead atoms. The molecular weight excluding hydrogens is 362 g/mol. The van der Waals surface area contributed by atoms with Crippen LogP contribution >= 0.6 is 12.4 Å². The smallest absolute Gasteiger partial charge is 0.243 e. The van der Waals surface area contributed by atoms with E-state index in [0.717, 1.165) is 31.5 Å². The predicted octanol–water partition coefficient (Wildman–Crippen LogP) is 2.52. The fourth-order valence-corrected chi connectivity index (χ4v) is 3.95. The van der Waals surface area contributed by atoms with E-state index in [4.69, 9.17) is 0 Å². The highest BCUT2D eigenvalue weighted by Crippen LogP contribution is 2.25. The first kappa shape index (κ1) is 21.7. The second-order valence-corrected chi connectivity index (χ2v) is 8.07. The van der Waals surface area contributed by atoms with Crippen molar-refractivity contribution in [2.45, 2.75) is 52.1 Å². The van der Waals surface area contributed by atoms with Crippen molar-refractivity contribution in [3.05, 3.63) is 35.4 Å². The minimum atomic E-state index is -0.396. The molecule has 0 spiro atoms. The zero-order valence-electron chi connectivity index (χ0n) is 16.4. The summed E-state index contributed by atoms with van der Waals surface area (Å²) in [5.74, 6) is 0.844. The number of carbonyl (C=O) groups excluding carboxylic acids is 2. The molecule has 2 atom stereocenters. The average Bonchev–Trinajstić information content (AvgIpc) is 2.65. The van der Waals surface area contributed by atoms with Crippen LogP contribution in [0, 0.1) is 11.8 Å². The van der Waals surface area contributed by atoms with Crippen molar-refractivity contribution in [2.75, 3.05) is 19.6 Å². The lowest BCUT2D eigenvalue weighted by atomic mass is 9.92. The van der Waals surface area contributed by atoms with Gasteiger partial charge in [0, 0.05) is 25.9 Å². The molecule has 2 aliphatic rings. The number of amides is 2. The maximum Gasteiger partial charge on any atom is 0.243 e. The van der Waals surface area contributed by atoms with Crippen LogP contribution in [0.2, 0.25) is 0 Å². The SMILES string of the molecule is CC(C)CC(=O)N1Cc2ccccc2CC1C(=O)NCC1CCCNC1.Cl. The van der Waals surface area contributed by atoms with E-state index in [0.29, 0.717) is 31.8 Å². The molecule has 5 nitrogen and oxygen atoms in total. The molecule has 1 aromatic rings. The Morgan fingerprint density at radius 1 is 1.26 bits per heavy atom. The second-order valence-electron chi connectivity index (χ2n) is 8.07. The van der Waals surface area contributed by atoms with Crippen LogP contribution in [0.1, 0.15) is 44.2 Å². The first-order valence-corrected chi connectivity index (χ1v) is 9.89. The third-order valence-corrected chi connectivity index (χ3v) is 5.42. The van der Waals surface area contributed by atoms with E-state index in [1.807, 2.05) is 26.0 Å². The van der Waals surface area contributed by atoms with Crippen LogP contribution in [-0.4, -0.2) is 42.4 Å². The van der Waals surface area contributed by atoms with Crippen molar-refractivity contribution in [1.82, 2.24) is 15.5 Å². The number of nitrogens with one attached hydrogen (secondary N) is 2. The predicted molar refractivity (Wildman–Crippen MR) is 110 cm³/mol. The highest BCUT2D eigenvalue weighted by atomic mass is 35.5. The highest BCUT2D eigenvalue weighted by molar-refractivity contribution is 5.88. The van der Waals surface area contributed by atoms with Gasteiger partial charge < -0.3 is 15.5 Å². The summed E-state index contributed by atoms with van der Waals surface area (Å²) >= 11 is 0. The van der Waals surface area contributed by atoms with Gasteiger partial charge in [0.1, 0.15) is 6.04 Å². The molecule has 27 heavy (non-hydrogen) atoms. The number of carbonyl (C=O) groups is 2. The average molecular weight is 394 g/mol. The van der Waals surface area contributed by atoms with E-state index < -0.39 is 6.04 Å². The van der Waals surface area contributed by atoms with Gasteiger partial charge in [0.25, 0.3) is 0 Å². The number of piperidine rings is 1. The summed E-state index contributed by atoms with van der Waals surface area (Å²) in [7, 11) is 0. The Morgan fingerprint density at radius 3 is 2.67 bits per heavy atom. The van der Waals surface area contributed by atoms with Crippen molar-refractivity contribution in [1.29, 1.82) is 0 Å². The van der Waals surface area contributed by atoms with Gasteiger partial charge in [-0.15, -0.1) is 12.4 Å². The molecule has 150 valence electrons. The van der Waals surface area contributed by atoms with Gasteiger partial charge in [-0.3, -0.25) is 9.59 Å². The maximum absolute atomic E-state index is 12.9. The van der Waals surface area contributed by atoms with Crippen molar-refractivity contribution in [3.8, 4) is 0 Å². The minimum Gasteiger partial charge on any atom is -0.354 e. The Hall–Kier alpha value is -1.59. The standard InChI is InChI=1S/C21H31N3O2.ClH/c1-15(2)10-20(25)24-14-18-8-4-3-7-17(18)11-19(24)21(26)23-13-16-6-5-9-22-12-16;/h3-4,7-8,15-16,19,22H,5-6,9-14H2,1-2H3,(H,23,26);1H. The Bertz CT molecular complexity index is 644. The van der Waals surface area contributed by atoms with E-state index in [9.17, 15) is 9.59 Å². The van der Waals surface area contributed by atoms with Gasteiger partial charge >= 0.3 is 0 Å². The van der Waals surface area contributed by atoms with Crippen molar-refractivity contribution in [3.63, 3.8) is 0 Å². The lowest BCUT2D eigenvalue weighted by Gasteiger charge is -2.37. The Balaban J connectivity index is 0.00000261. The number of rotatable bonds is 5. The second kappa shape index (κ2) is 10.1. The fourth-order valence-electron chi connectivity index (χ4n) is 3.95. The van der Waals surface area contributed by atoms with Crippen LogP contribution in [0.15, 0.2) is 24.3 Å². The molecule has 1 saturated heterocycles. The van der Waals surface area contributed by atoms with Gasteiger partial charge in [0.05, 0.1) is 0 Å². The summed E-state index contributed by atoms with van der Waals surface area (Å²) < 4.78 is 0. The molecule has 1 fully saturated rings. The molecule has 0 aliphatic carbocycles. The fraction of sp³-hybridized carbons (Fsp3) is 0.619. The van der Waals surface area contributed by atoms with Crippen LogP contribution in [0.25, 0.3) is 0 Å². The zero-order valence-corrected chi connectivity index (χ0v) is 17.2. The van der Waals surface area contributed by atoms with Crippen molar-refractivity contribution < 1.29 is 9.59 Å². The summed E-state index contributed by atoms with van der Waals surface area (Å²) in [5, 5.41) is 6.50. The molecule has 2 aliphatic heterocycles. The third kappa shape index (κ3) is 5.69. The zero-order chi connectivity index (χ0) is 18.5. The molecule has 2 N–H and O–H groups in total. The van der Waals surface area contributed by atoms with Crippen molar-refractivity contribution >= 4 is 24.2 Å². The number of halogens is 1. The van der Waals surface area contributed by atoms with Gasteiger partial charge in [-0.1, -0.05) is 38.1 Å². The van der Waals surface area contributed by atoms with Crippen LogP contribution < -0.4 is 10.6 Å². The molecule has 2 heterocycles. The molecule has 0 saturated carbocycles. The van der Waals surface area contributed by atoms with Gasteiger partial charge in [-0.25, -0.2) is 0 Å². The number of nitrogens with zero attached hydrogens (tertiary/aromatic N) is 1. The summed E-state index contributed by atoms with van der Waals surface area (Å²) in [4.78, 5) is 27.5. The number of fused-ring (bicyclic) bond motifs is 1. The first-order valence-electron chi connectivity index (χ1n) is 9.89. The molecule has 1 aromatic carbocycles.